The molecule has 0 fully saturated rings. The molecule has 0 radical (unpaired) electrons. The maximum atomic E-state index is 12.8. The number of amides is 1. The minimum absolute atomic E-state index is 0.119. The van der Waals surface area contributed by atoms with Crippen molar-refractivity contribution in [2.75, 3.05) is 33.7 Å². The lowest BCUT2D eigenvalue weighted by molar-refractivity contribution is 0.0725. The van der Waals surface area contributed by atoms with Crippen molar-refractivity contribution in [2.45, 2.75) is 13.8 Å². The lowest BCUT2D eigenvalue weighted by Gasteiger charge is -2.26. The second kappa shape index (κ2) is 6.76. The van der Waals surface area contributed by atoms with Crippen LogP contribution in [0.4, 0.5) is 0 Å². The zero-order valence-corrected chi connectivity index (χ0v) is 13.4. The van der Waals surface area contributed by atoms with Crippen LogP contribution in [0.3, 0.4) is 0 Å². The van der Waals surface area contributed by atoms with Crippen molar-refractivity contribution in [1.82, 2.24) is 14.8 Å². The number of H-pyrrole nitrogens is 1. The maximum Gasteiger partial charge on any atom is 0.253 e. The molecule has 0 atom stereocenters. The highest BCUT2D eigenvalue weighted by atomic mass is 16.2. The van der Waals surface area contributed by atoms with Gasteiger partial charge in [0.2, 0.25) is 0 Å². The van der Waals surface area contributed by atoms with Crippen LogP contribution in [0, 0.1) is 5.92 Å². The molecule has 1 N–H and O–H groups in total. The van der Waals surface area contributed by atoms with E-state index in [9.17, 15) is 4.79 Å². The molecule has 4 nitrogen and oxygen atoms in total. The van der Waals surface area contributed by atoms with Crippen LogP contribution in [0.2, 0.25) is 0 Å². The monoisotopic (exact) mass is 287 g/mol. The number of rotatable bonds is 6. The topological polar surface area (TPSA) is 39.3 Å². The Bertz CT molecular complexity index is 601. The number of hydrogen-bond donors (Lipinski definition) is 1. The van der Waals surface area contributed by atoms with Crippen molar-refractivity contribution in [3.8, 4) is 0 Å². The fourth-order valence-corrected chi connectivity index (χ4v) is 2.41. The summed E-state index contributed by atoms with van der Waals surface area (Å²) in [6.07, 6.45) is 1.90. The molecule has 0 aliphatic heterocycles. The minimum atomic E-state index is 0.119. The fourth-order valence-electron chi connectivity index (χ4n) is 2.41. The molecular weight excluding hydrogens is 262 g/mol. The highest BCUT2D eigenvalue weighted by Gasteiger charge is 2.17. The van der Waals surface area contributed by atoms with Gasteiger partial charge in [0, 0.05) is 42.3 Å². The molecule has 0 saturated carbocycles. The third-order valence-corrected chi connectivity index (χ3v) is 3.49. The maximum absolute atomic E-state index is 12.8. The number of carbonyl (C=O) groups is 1. The van der Waals surface area contributed by atoms with Gasteiger partial charge in [0.25, 0.3) is 5.91 Å². The first-order valence-corrected chi connectivity index (χ1v) is 7.48. The predicted octanol–water partition coefficient (Wildman–Crippen LogP) is 2.83. The molecule has 114 valence electrons. The Kier molecular flexibility index (Phi) is 5.02. The zero-order valence-electron chi connectivity index (χ0n) is 13.4. The van der Waals surface area contributed by atoms with Gasteiger partial charge in [-0.25, -0.2) is 0 Å². The highest BCUT2D eigenvalue weighted by Crippen LogP contribution is 2.16. The van der Waals surface area contributed by atoms with E-state index in [0.717, 1.165) is 36.1 Å². The third kappa shape index (κ3) is 4.08. The van der Waals surface area contributed by atoms with Gasteiger partial charge in [-0.15, -0.1) is 0 Å². The second-order valence-electron chi connectivity index (χ2n) is 6.23. The average Bonchev–Trinajstić information content (AvgIpc) is 2.89. The Labute approximate surface area is 126 Å². The number of fused-ring (bicyclic) bond motifs is 1. The Morgan fingerprint density at radius 2 is 1.95 bits per heavy atom. The molecule has 0 saturated heterocycles. The van der Waals surface area contributed by atoms with E-state index >= 15 is 0 Å². The zero-order chi connectivity index (χ0) is 15.4. The average molecular weight is 287 g/mol. The molecule has 1 heterocycles. The van der Waals surface area contributed by atoms with E-state index in [0.29, 0.717) is 5.92 Å². The van der Waals surface area contributed by atoms with Gasteiger partial charge >= 0.3 is 0 Å². The summed E-state index contributed by atoms with van der Waals surface area (Å²) >= 11 is 0. The third-order valence-electron chi connectivity index (χ3n) is 3.49. The van der Waals surface area contributed by atoms with Gasteiger partial charge in [-0.1, -0.05) is 13.8 Å². The fraction of sp³-hybridized carbons (Fsp3) is 0.471. The summed E-state index contributed by atoms with van der Waals surface area (Å²) in [4.78, 5) is 20.0. The van der Waals surface area contributed by atoms with Gasteiger partial charge in [-0.2, -0.15) is 0 Å². The van der Waals surface area contributed by atoms with E-state index < -0.39 is 0 Å². The number of benzene rings is 1. The molecule has 2 rings (SSSR count). The van der Waals surface area contributed by atoms with Gasteiger partial charge in [-0.05, 0) is 44.3 Å². The van der Waals surface area contributed by atoms with Crippen LogP contribution < -0.4 is 0 Å². The van der Waals surface area contributed by atoms with Gasteiger partial charge in [0.05, 0.1) is 0 Å². The number of carbonyl (C=O) groups excluding carboxylic acids is 1. The Balaban J connectivity index is 2.18. The summed E-state index contributed by atoms with van der Waals surface area (Å²) < 4.78 is 0. The SMILES string of the molecule is CC(C)CN(CCN(C)C)C(=O)c1ccc2[nH]ccc2c1. The Hall–Kier alpha value is -1.81. The Morgan fingerprint density at radius 3 is 2.62 bits per heavy atom. The molecule has 1 aromatic carbocycles. The summed E-state index contributed by atoms with van der Waals surface area (Å²) in [5.74, 6) is 0.584. The van der Waals surface area contributed by atoms with Crippen molar-refractivity contribution in [3.05, 3.63) is 36.0 Å². The largest absolute Gasteiger partial charge is 0.361 e. The van der Waals surface area contributed by atoms with E-state index in [2.05, 4.69) is 23.7 Å². The lowest BCUT2D eigenvalue weighted by atomic mass is 10.1. The number of aromatic nitrogens is 1. The first-order chi connectivity index (χ1) is 9.97. The van der Waals surface area contributed by atoms with E-state index in [-0.39, 0.29) is 5.91 Å². The van der Waals surface area contributed by atoms with Crippen LogP contribution in [-0.2, 0) is 0 Å². The summed E-state index contributed by atoms with van der Waals surface area (Å²) in [5, 5.41) is 1.08. The molecule has 0 spiro atoms. The quantitative estimate of drug-likeness (QED) is 0.887. The van der Waals surface area contributed by atoms with Crippen molar-refractivity contribution >= 4 is 16.8 Å². The summed E-state index contributed by atoms with van der Waals surface area (Å²) in [5.41, 5.74) is 1.83. The number of likely N-dealkylation sites (N-methyl/N-ethyl adjacent to an activating group) is 1. The smallest absolute Gasteiger partial charge is 0.253 e. The molecule has 1 aromatic heterocycles. The van der Waals surface area contributed by atoms with Crippen molar-refractivity contribution < 1.29 is 4.79 Å². The second-order valence-corrected chi connectivity index (χ2v) is 6.23. The lowest BCUT2D eigenvalue weighted by Crippen LogP contribution is -2.39. The summed E-state index contributed by atoms with van der Waals surface area (Å²) in [6.45, 7) is 6.72. The predicted molar refractivity (Wildman–Crippen MR) is 87.6 cm³/mol. The van der Waals surface area contributed by atoms with Crippen molar-refractivity contribution in [1.29, 1.82) is 0 Å². The van der Waals surface area contributed by atoms with Gasteiger partial charge in [0.15, 0.2) is 0 Å². The van der Waals surface area contributed by atoms with Crippen LogP contribution >= 0.6 is 0 Å². The van der Waals surface area contributed by atoms with E-state index in [1.54, 1.807) is 0 Å². The summed E-state index contributed by atoms with van der Waals surface area (Å²) in [7, 11) is 4.06. The van der Waals surface area contributed by atoms with Gasteiger partial charge in [-0.3, -0.25) is 4.79 Å². The standard InChI is InChI=1S/C17H25N3O/c1-13(2)12-20(10-9-19(3)4)17(21)15-5-6-16-14(11-15)7-8-18-16/h5-8,11,13,18H,9-10,12H2,1-4H3. The molecule has 4 heteroatoms. The van der Waals surface area contributed by atoms with Crippen LogP contribution in [0.1, 0.15) is 24.2 Å². The molecule has 0 unspecified atom stereocenters. The molecule has 2 aromatic rings. The molecule has 1 amide bonds. The van der Waals surface area contributed by atoms with E-state index in [1.807, 2.05) is 49.5 Å². The first-order valence-electron chi connectivity index (χ1n) is 7.48. The molecular formula is C17H25N3O. The molecule has 0 aliphatic carbocycles. The van der Waals surface area contributed by atoms with E-state index in [4.69, 9.17) is 0 Å². The van der Waals surface area contributed by atoms with Crippen LogP contribution in [0.15, 0.2) is 30.5 Å². The highest BCUT2D eigenvalue weighted by molar-refractivity contribution is 5.98. The van der Waals surface area contributed by atoms with Crippen LogP contribution in [0.5, 0.6) is 0 Å². The van der Waals surface area contributed by atoms with Gasteiger partial charge < -0.3 is 14.8 Å². The Morgan fingerprint density at radius 1 is 1.19 bits per heavy atom. The summed E-state index contributed by atoms with van der Waals surface area (Å²) in [6, 6.07) is 7.85. The molecule has 0 bridgehead atoms. The molecule has 0 aliphatic rings. The number of nitrogens with zero attached hydrogens (tertiary/aromatic N) is 2. The van der Waals surface area contributed by atoms with Crippen molar-refractivity contribution in [3.63, 3.8) is 0 Å². The van der Waals surface area contributed by atoms with E-state index in [1.165, 1.54) is 0 Å². The van der Waals surface area contributed by atoms with Crippen LogP contribution in [-0.4, -0.2) is 54.4 Å². The number of nitrogens with one attached hydrogen (secondary N) is 1. The normalized spacial score (nSPS) is 11.5. The number of hydrogen-bond acceptors (Lipinski definition) is 2. The molecule has 21 heavy (non-hydrogen) atoms. The van der Waals surface area contributed by atoms with Gasteiger partial charge in [0.1, 0.15) is 0 Å². The van der Waals surface area contributed by atoms with Crippen molar-refractivity contribution in [2.24, 2.45) is 5.92 Å². The number of aromatic amines is 1. The minimum Gasteiger partial charge on any atom is -0.361 e. The first kappa shape index (κ1) is 15.6. The van der Waals surface area contributed by atoms with Crippen LogP contribution in [0.25, 0.3) is 10.9 Å².